The number of rotatable bonds is 6. The third-order valence-electron chi connectivity index (χ3n) is 3.69. The molecule has 23 heavy (non-hydrogen) atoms. The van der Waals surface area contributed by atoms with E-state index in [1.807, 2.05) is 36.9 Å². The van der Waals surface area contributed by atoms with Crippen LogP contribution in [0.5, 0.6) is 5.75 Å². The van der Waals surface area contributed by atoms with Gasteiger partial charge >= 0.3 is 0 Å². The van der Waals surface area contributed by atoms with Gasteiger partial charge in [-0.1, -0.05) is 22.9 Å². The van der Waals surface area contributed by atoms with E-state index in [1.165, 1.54) is 0 Å². The SMILES string of the molecule is CCCN(C(=O)c1cc(Br)cc(OC(C)C)c1)C1CCNC1.Cl. The summed E-state index contributed by atoms with van der Waals surface area (Å²) in [6, 6.07) is 5.91. The van der Waals surface area contributed by atoms with Gasteiger partial charge in [0.2, 0.25) is 0 Å². The first-order valence-corrected chi connectivity index (χ1v) is 8.79. The average molecular weight is 406 g/mol. The predicted molar refractivity (Wildman–Crippen MR) is 99.8 cm³/mol. The maximum Gasteiger partial charge on any atom is 0.254 e. The zero-order valence-corrected chi connectivity index (χ0v) is 16.4. The Bertz CT molecular complexity index is 519. The van der Waals surface area contributed by atoms with Crippen molar-refractivity contribution in [2.45, 2.75) is 45.8 Å². The lowest BCUT2D eigenvalue weighted by Gasteiger charge is -2.28. The van der Waals surface area contributed by atoms with Gasteiger partial charge in [0.1, 0.15) is 5.75 Å². The lowest BCUT2D eigenvalue weighted by atomic mass is 10.1. The number of hydrogen-bond donors (Lipinski definition) is 1. The Morgan fingerprint density at radius 1 is 1.43 bits per heavy atom. The molecule has 1 saturated heterocycles. The molecule has 1 aliphatic rings. The summed E-state index contributed by atoms with van der Waals surface area (Å²) < 4.78 is 6.61. The van der Waals surface area contributed by atoms with E-state index in [9.17, 15) is 4.79 Å². The molecule has 130 valence electrons. The number of amides is 1. The molecule has 1 aliphatic heterocycles. The van der Waals surface area contributed by atoms with E-state index in [-0.39, 0.29) is 24.4 Å². The molecule has 1 aromatic rings. The van der Waals surface area contributed by atoms with Gasteiger partial charge in [0, 0.05) is 29.2 Å². The lowest BCUT2D eigenvalue weighted by molar-refractivity contribution is 0.0691. The summed E-state index contributed by atoms with van der Waals surface area (Å²) in [5.41, 5.74) is 0.686. The molecule has 1 fully saturated rings. The topological polar surface area (TPSA) is 41.6 Å². The Morgan fingerprint density at radius 2 is 2.17 bits per heavy atom. The fourth-order valence-electron chi connectivity index (χ4n) is 2.79. The molecule has 2 rings (SSSR count). The molecule has 6 heteroatoms. The smallest absolute Gasteiger partial charge is 0.254 e. The normalized spacial score (nSPS) is 17.0. The van der Waals surface area contributed by atoms with Gasteiger partial charge in [-0.25, -0.2) is 0 Å². The lowest BCUT2D eigenvalue weighted by Crippen LogP contribution is -2.42. The minimum Gasteiger partial charge on any atom is -0.491 e. The molecule has 0 spiro atoms. The molecule has 0 saturated carbocycles. The highest BCUT2D eigenvalue weighted by molar-refractivity contribution is 9.10. The molecule has 4 nitrogen and oxygen atoms in total. The minimum absolute atomic E-state index is 0. The summed E-state index contributed by atoms with van der Waals surface area (Å²) in [6.07, 6.45) is 2.07. The van der Waals surface area contributed by atoms with Crippen LogP contribution in [-0.4, -0.2) is 42.6 Å². The van der Waals surface area contributed by atoms with Crippen LogP contribution in [0.25, 0.3) is 0 Å². The molecular weight excluding hydrogens is 380 g/mol. The summed E-state index contributed by atoms with van der Waals surface area (Å²) in [7, 11) is 0. The van der Waals surface area contributed by atoms with Crippen LogP contribution >= 0.6 is 28.3 Å². The van der Waals surface area contributed by atoms with Crippen molar-refractivity contribution in [1.29, 1.82) is 0 Å². The van der Waals surface area contributed by atoms with E-state index in [2.05, 4.69) is 28.2 Å². The predicted octanol–water partition coefficient (Wildman–Crippen LogP) is 3.87. The molecule has 1 N–H and O–H groups in total. The van der Waals surface area contributed by atoms with E-state index in [0.717, 1.165) is 42.7 Å². The van der Waals surface area contributed by atoms with Crippen LogP contribution < -0.4 is 10.1 Å². The first kappa shape index (κ1) is 20.3. The van der Waals surface area contributed by atoms with Crippen LogP contribution in [0.15, 0.2) is 22.7 Å². The summed E-state index contributed by atoms with van der Waals surface area (Å²) in [5.74, 6) is 0.819. The number of benzene rings is 1. The van der Waals surface area contributed by atoms with Gasteiger partial charge in [0.15, 0.2) is 0 Å². The fraction of sp³-hybridized carbons (Fsp3) is 0.588. The van der Waals surface area contributed by atoms with Crippen molar-refractivity contribution in [3.05, 3.63) is 28.2 Å². The van der Waals surface area contributed by atoms with E-state index in [4.69, 9.17) is 4.74 Å². The molecule has 1 atom stereocenters. The second-order valence-electron chi connectivity index (χ2n) is 5.99. The van der Waals surface area contributed by atoms with Crippen LogP contribution in [-0.2, 0) is 0 Å². The number of nitrogens with zero attached hydrogens (tertiary/aromatic N) is 1. The van der Waals surface area contributed by atoms with E-state index < -0.39 is 0 Å². The zero-order valence-electron chi connectivity index (χ0n) is 14.0. The first-order chi connectivity index (χ1) is 10.5. The van der Waals surface area contributed by atoms with Crippen LogP contribution in [0.3, 0.4) is 0 Å². The number of carbonyl (C=O) groups is 1. The van der Waals surface area contributed by atoms with Crippen LogP contribution in [0, 0.1) is 0 Å². The van der Waals surface area contributed by atoms with Crippen molar-refractivity contribution in [1.82, 2.24) is 10.2 Å². The molecule has 0 aromatic heterocycles. The largest absolute Gasteiger partial charge is 0.491 e. The Labute approximate surface area is 153 Å². The van der Waals surface area contributed by atoms with Gasteiger partial charge in [0.05, 0.1) is 6.10 Å². The third kappa shape index (κ3) is 5.66. The van der Waals surface area contributed by atoms with Gasteiger partial charge < -0.3 is 15.0 Å². The van der Waals surface area contributed by atoms with E-state index >= 15 is 0 Å². The van der Waals surface area contributed by atoms with Crippen LogP contribution in [0.4, 0.5) is 0 Å². The van der Waals surface area contributed by atoms with Crippen molar-refractivity contribution >= 4 is 34.2 Å². The highest BCUT2D eigenvalue weighted by atomic mass is 79.9. The van der Waals surface area contributed by atoms with E-state index in [1.54, 1.807) is 0 Å². The zero-order chi connectivity index (χ0) is 16.1. The molecule has 1 aromatic carbocycles. The Kier molecular flexibility index (Phi) is 8.37. The number of hydrogen-bond acceptors (Lipinski definition) is 3. The fourth-order valence-corrected chi connectivity index (χ4v) is 3.26. The summed E-state index contributed by atoms with van der Waals surface area (Å²) >= 11 is 3.48. The second kappa shape index (κ2) is 9.50. The molecule has 0 aliphatic carbocycles. The maximum atomic E-state index is 12.9. The van der Waals surface area contributed by atoms with Crippen molar-refractivity contribution in [3.8, 4) is 5.75 Å². The quantitative estimate of drug-likeness (QED) is 0.781. The second-order valence-corrected chi connectivity index (χ2v) is 6.90. The number of ether oxygens (including phenoxy) is 1. The third-order valence-corrected chi connectivity index (χ3v) is 4.15. The van der Waals surface area contributed by atoms with Crippen LogP contribution in [0.2, 0.25) is 0 Å². The summed E-state index contributed by atoms with van der Waals surface area (Å²) in [4.78, 5) is 14.9. The maximum absolute atomic E-state index is 12.9. The number of halogens is 2. The number of nitrogens with one attached hydrogen (secondary N) is 1. The van der Waals surface area contributed by atoms with Crippen molar-refractivity contribution < 1.29 is 9.53 Å². The molecule has 0 bridgehead atoms. The number of carbonyl (C=O) groups excluding carboxylic acids is 1. The van der Waals surface area contributed by atoms with Gasteiger partial charge in [-0.05, 0) is 51.4 Å². The van der Waals surface area contributed by atoms with Gasteiger partial charge in [0.25, 0.3) is 5.91 Å². The van der Waals surface area contributed by atoms with Gasteiger partial charge in [-0.3, -0.25) is 4.79 Å². The Hall–Kier alpha value is -0.780. The van der Waals surface area contributed by atoms with Crippen molar-refractivity contribution in [3.63, 3.8) is 0 Å². The molecule has 1 amide bonds. The molecule has 0 radical (unpaired) electrons. The standard InChI is InChI=1S/C17H25BrN2O2.ClH/c1-4-7-20(15-5-6-19-11-15)17(21)13-8-14(18)10-16(9-13)22-12(2)3;/h8-10,12,15,19H,4-7,11H2,1-3H3;1H. The average Bonchev–Trinajstić information content (AvgIpc) is 2.96. The first-order valence-electron chi connectivity index (χ1n) is 8.00. The van der Waals surface area contributed by atoms with Crippen LogP contribution in [0.1, 0.15) is 44.0 Å². The van der Waals surface area contributed by atoms with Gasteiger partial charge in [-0.15, -0.1) is 12.4 Å². The Balaban J connectivity index is 0.00000264. The van der Waals surface area contributed by atoms with Crippen molar-refractivity contribution in [2.24, 2.45) is 0 Å². The summed E-state index contributed by atoms with van der Waals surface area (Å²) in [5, 5.41) is 3.34. The van der Waals surface area contributed by atoms with Crippen molar-refractivity contribution in [2.75, 3.05) is 19.6 Å². The monoisotopic (exact) mass is 404 g/mol. The van der Waals surface area contributed by atoms with E-state index in [0.29, 0.717) is 11.6 Å². The summed E-state index contributed by atoms with van der Waals surface area (Å²) in [6.45, 7) is 8.73. The molecular formula is C17H26BrClN2O2. The molecule has 1 unspecified atom stereocenters. The minimum atomic E-state index is 0. The molecule has 1 heterocycles. The van der Waals surface area contributed by atoms with Gasteiger partial charge in [-0.2, -0.15) is 0 Å². The highest BCUT2D eigenvalue weighted by Gasteiger charge is 2.27. The Morgan fingerprint density at radius 3 is 2.74 bits per heavy atom. The highest BCUT2D eigenvalue weighted by Crippen LogP contribution is 2.24.